The van der Waals surface area contributed by atoms with Crippen LogP contribution >= 0.6 is 11.6 Å². The molecule has 2 amide bonds. The zero-order valence-corrected chi connectivity index (χ0v) is 13.2. The lowest BCUT2D eigenvalue weighted by Gasteiger charge is -2.18. The van der Waals surface area contributed by atoms with Gasteiger partial charge in [-0.25, -0.2) is 0 Å². The van der Waals surface area contributed by atoms with Gasteiger partial charge in [0.2, 0.25) is 11.8 Å². The summed E-state index contributed by atoms with van der Waals surface area (Å²) in [5.74, 6) is 0.212. The van der Waals surface area contributed by atoms with E-state index in [9.17, 15) is 9.59 Å². The van der Waals surface area contributed by atoms with Gasteiger partial charge in [-0.05, 0) is 43.5 Å². The molecule has 1 heterocycles. The number of carbonyl (C=O) groups excluding carboxylic acids is 2. The van der Waals surface area contributed by atoms with Crippen LogP contribution in [0.3, 0.4) is 0 Å². The maximum Gasteiger partial charge on any atom is 0.227 e. The Balaban J connectivity index is 2.02. The van der Waals surface area contributed by atoms with E-state index in [0.717, 1.165) is 17.7 Å². The van der Waals surface area contributed by atoms with Crippen molar-refractivity contribution in [1.82, 2.24) is 5.32 Å². The van der Waals surface area contributed by atoms with E-state index < -0.39 is 0 Å². The highest BCUT2D eigenvalue weighted by atomic mass is 35.5. The summed E-state index contributed by atoms with van der Waals surface area (Å²) in [4.78, 5) is 25.9. The second-order valence-corrected chi connectivity index (χ2v) is 5.89. The molecule has 1 N–H and O–H groups in total. The molecule has 1 saturated heterocycles. The van der Waals surface area contributed by atoms with Crippen molar-refractivity contribution in [3.05, 3.63) is 29.3 Å². The SMILES string of the molecule is Cc1ccc(N2C[C@@H](C(=O)NCCCCl)CC2=O)cc1C. The predicted octanol–water partition coefficient (Wildman–Crippen LogP) is 2.40. The fourth-order valence-electron chi connectivity index (χ4n) is 2.45. The Morgan fingerprint density at radius 2 is 2.14 bits per heavy atom. The van der Waals surface area contributed by atoms with Crippen molar-refractivity contribution in [2.75, 3.05) is 23.9 Å². The van der Waals surface area contributed by atoms with E-state index in [1.165, 1.54) is 5.56 Å². The van der Waals surface area contributed by atoms with Crippen molar-refractivity contribution < 1.29 is 9.59 Å². The second kappa shape index (κ2) is 6.94. The number of alkyl halides is 1. The van der Waals surface area contributed by atoms with Crippen molar-refractivity contribution in [3.63, 3.8) is 0 Å². The Bertz CT molecular complexity index is 545. The van der Waals surface area contributed by atoms with Gasteiger partial charge < -0.3 is 10.2 Å². The van der Waals surface area contributed by atoms with Crippen molar-refractivity contribution in [2.24, 2.45) is 5.92 Å². The zero-order chi connectivity index (χ0) is 15.4. The number of halogens is 1. The van der Waals surface area contributed by atoms with Gasteiger partial charge in [-0.3, -0.25) is 9.59 Å². The van der Waals surface area contributed by atoms with Gasteiger partial charge >= 0.3 is 0 Å². The molecule has 0 bridgehead atoms. The number of hydrogen-bond donors (Lipinski definition) is 1. The Morgan fingerprint density at radius 1 is 1.38 bits per heavy atom. The summed E-state index contributed by atoms with van der Waals surface area (Å²) in [6.07, 6.45) is 1.02. The van der Waals surface area contributed by atoms with E-state index in [0.29, 0.717) is 19.0 Å². The van der Waals surface area contributed by atoms with E-state index in [2.05, 4.69) is 5.32 Å². The number of anilines is 1. The summed E-state index contributed by atoms with van der Waals surface area (Å²) < 4.78 is 0. The Morgan fingerprint density at radius 3 is 2.81 bits per heavy atom. The van der Waals surface area contributed by atoms with Crippen LogP contribution in [0.25, 0.3) is 0 Å². The topological polar surface area (TPSA) is 49.4 Å². The van der Waals surface area contributed by atoms with Gasteiger partial charge in [0.25, 0.3) is 0 Å². The fraction of sp³-hybridized carbons (Fsp3) is 0.500. The number of nitrogens with one attached hydrogen (secondary N) is 1. The fourth-order valence-corrected chi connectivity index (χ4v) is 2.58. The maximum absolute atomic E-state index is 12.1. The van der Waals surface area contributed by atoms with Gasteiger partial charge in [-0.1, -0.05) is 6.07 Å². The molecule has 1 aliphatic heterocycles. The van der Waals surface area contributed by atoms with Crippen LogP contribution in [0.1, 0.15) is 24.0 Å². The van der Waals surface area contributed by atoms with E-state index in [4.69, 9.17) is 11.6 Å². The summed E-state index contributed by atoms with van der Waals surface area (Å²) in [5, 5.41) is 2.84. The van der Waals surface area contributed by atoms with E-state index in [1.54, 1.807) is 4.90 Å². The average Bonchev–Trinajstić information content (AvgIpc) is 2.84. The summed E-state index contributed by atoms with van der Waals surface area (Å²) in [6.45, 7) is 5.08. The molecule has 0 aliphatic carbocycles. The average molecular weight is 309 g/mol. The first-order chi connectivity index (χ1) is 10.0. The number of amides is 2. The number of aryl methyl sites for hydroxylation is 2. The minimum atomic E-state index is -0.269. The van der Waals surface area contributed by atoms with Crippen LogP contribution in [0.15, 0.2) is 18.2 Å². The van der Waals surface area contributed by atoms with Crippen molar-refractivity contribution >= 4 is 29.1 Å². The van der Waals surface area contributed by atoms with E-state index in [1.807, 2.05) is 32.0 Å². The molecule has 114 valence electrons. The largest absolute Gasteiger partial charge is 0.356 e. The lowest BCUT2D eigenvalue weighted by atomic mass is 10.1. The molecule has 0 radical (unpaired) electrons. The van der Waals surface area contributed by atoms with Gasteiger partial charge in [0.05, 0.1) is 5.92 Å². The molecular formula is C16H21ClN2O2. The summed E-state index contributed by atoms with van der Waals surface area (Å²) in [5.41, 5.74) is 3.22. The molecule has 2 rings (SSSR count). The first kappa shape index (κ1) is 15.8. The highest BCUT2D eigenvalue weighted by Gasteiger charge is 2.34. The Hall–Kier alpha value is -1.55. The molecule has 1 fully saturated rings. The summed E-state index contributed by atoms with van der Waals surface area (Å²) in [6, 6.07) is 5.95. The third-order valence-electron chi connectivity index (χ3n) is 3.91. The highest BCUT2D eigenvalue weighted by Crippen LogP contribution is 2.26. The molecule has 1 aliphatic rings. The van der Waals surface area contributed by atoms with Crippen LogP contribution in [0.5, 0.6) is 0 Å². The van der Waals surface area contributed by atoms with Gasteiger partial charge in [0.1, 0.15) is 0 Å². The van der Waals surface area contributed by atoms with Crippen LogP contribution < -0.4 is 10.2 Å². The number of benzene rings is 1. The normalized spacial score (nSPS) is 18.1. The van der Waals surface area contributed by atoms with Crippen molar-refractivity contribution in [1.29, 1.82) is 0 Å². The minimum Gasteiger partial charge on any atom is -0.356 e. The monoisotopic (exact) mass is 308 g/mol. The van der Waals surface area contributed by atoms with Crippen LogP contribution in [0.2, 0.25) is 0 Å². The van der Waals surface area contributed by atoms with Crippen LogP contribution in [0.4, 0.5) is 5.69 Å². The Labute approximate surface area is 130 Å². The third-order valence-corrected chi connectivity index (χ3v) is 4.17. The van der Waals surface area contributed by atoms with Gasteiger partial charge in [-0.15, -0.1) is 11.6 Å². The third kappa shape index (κ3) is 3.76. The zero-order valence-electron chi connectivity index (χ0n) is 12.5. The maximum atomic E-state index is 12.1. The van der Waals surface area contributed by atoms with Gasteiger partial charge in [-0.2, -0.15) is 0 Å². The Kier molecular flexibility index (Phi) is 5.23. The van der Waals surface area contributed by atoms with Gasteiger partial charge in [0, 0.05) is 31.1 Å². The number of nitrogens with zero attached hydrogens (tertiary/aromatic N) is 1. The molecule has 5 heteroatoms. The minimum absolute atomic E-state index is 0.00995. The van der Waals surface area contributed by atoms with Crippen molar-refractivity contribution in [2.45, 2.75) is 26.7 Å². The predicted molar refractivity (Wildman–Crippen MR) is 84.7 cm³/mol. The molecular weight excluding hydrogens is 288 g/mol. The lowest BCUT2D eigenvalue weighted by Crippen LogP contribution is -2.33. The number of carbonyl (C=O) groups is 2. The first-order valence-corrected chi connectivity index (χ1v) is 7.77. The van der Waals surface area contributed by atoms with E-state index >= 15 is 0 Å². The number of hydrogen-bond acceptors (Lipinski definition) is 2. The van der Waals surface area contributed by atoms with Crippen molar-refractivity contribution in [3.8, 4) is 0 Å². The standard InChI is InChI=1S/C16H21ClN2O2/c1-11-4-5-14(8-12(11)2)19-10-13(9-15(19)20)16(21)18-7-3-6-17/h4-5,8,13H,3,6-7,9-10H2,1-2H3,(H,18,21)/t13-/m0/s1. The molecule has 1 atom stereocenters. The smallest absolute Gasteiger partial charge is 0.227 e. The molecule has 21 heavy (non-hydrogen) atoms. The van der Waals surface area contributed by atoms with Gasteiger partial charge in [0.15, 0.2) is 0 Å². The second-order valence-electron chi connectivity index (χ2n) is 5.51. The highest BCUT2D eigenvalue weighted by molar-refractivity contribution is 6.17. The molecule has 0 spiro atoms. The molecule has 0 saturated carbocycles. The van der Waals surface area contributed by atoms with E-state index in [-0.39, 0.29) is 24.2 Å². The molecule has 4 nitrogen and oxygen atoms in total. The quantitative estimate of drug-likeness (QED) is 0.671. The lowest BCUT2D eigenvalue weighted by molar-refractivity contribution is -0.126. The van der Waals surface area contributed by atoms with Crippen LogP contribution in [-0.4, -0.2) is 30.8 Å². The van der Waals surface area contributed by atoms with Crippen LogP contribution in [0, 0.1) is 19.8 Å². The summed E-state index contributed by atoms with van der Waals surface area (Å²) in [7, 11) is 0. The number of rotatable bonds is 5. The molecule has 0 aromatic heterocycles. The van der Waals surface area contributed by atoms with Crippen LogP contribution in [-0.2, 0) is 9.59 Å². The molecule has 1 aromatic carbocycles. The molecule has 1 aromatic rings. The molecule has 0 unspecified atom stereocenters. The first-order valence-electron chi connectivity index (χ1n) is 7.24. The summed E-state index contributed by atoms with van der Waals surface area (Å²) >= 11 is 5.58.